The molecule has 0 saturated heterocycles. The van der Waals surface area contributed by atoms with Gasteiger partial charge in [-0.15, -0.1) is 0 Å². The van der Waals surface area contributed by atoms with Gasteiger partial charge in [0.25, 0.3) is 11.8 Å². The first kappa shape index (κ1) is 18.0. The molecule has 0 bridgehead atoms. The highest BCUT2D eigenvalue weighted by molar-refractivity contribution is 6.35. The average molecular weight is 389 g/mol. The third kappa shape index (κ3) is 4.65. The molecule has 0 radical (unpaired) electrons. The van der Waals surface area contributed by atoms with Crippen molar-refractivity contribution in [2.45, 2.75) is 6.54 Å². The van der Waals surface area contributed by atoms with Crippen molar-refractivity contribution >= 4 is 40.7 Å². The Hall–Kier alpha value is -2.76. The second-order valence-electron chi connectivity index (χ2n) is 5.47. The van der Waals surface area contributed by atoms with Gasteiger partial charge in [-0.25, -0.2) is 0 Å². The Bertz CT molecular complexity index is 902. The normalized spacial score (nSPS) is 10.4. The Labute approximate surface area is 159 Å². The highest BCUT2D eigenvalue weighted by Gasteiger charge is 2.09. The Morgan fingerprint density at radius 3 is 2.23 bits per heavy atom. The van der Waals surface area contributed by atoms with Crippen LogP contribution in [0, 0.1) is 0 Å². The van der Waals surface area contributed by atoms with Gasteiger partial charge in [0.1, 0.15) is 0 Å². The van der Waals surface area contributed by atoms with Gasteiger partial charge < -0.3 is 15.1 Å². The second-order valence-corrected chi connectivity index (χ2v) is 6.34. The SMILES string of the molecule is O=C(NCc1ccc(NC(=O)c2ccco2)cc1)c1cc(Cl)cc(Cl)c1. The highest BCUT2D eigenvalue weighted by atomic mass is 35.5. The maximum absolute atomic E-state index is 12.2. The van der Waals surface area contributed by atoms with Gasteiger partial charge >= 0.3 is 0 Å². The van der Waals surface area contributed by atoms with Gasteiger partial charge in [-0.05, 0) is 48.0 Å². The summed E-state index contributed by atoms with van der Waals surface area (Å²) in [6.07, 6.45) is 1.44. The molecule has 0 aliphatic rings. The molecule has 0 saturated carbocycles. The number of nitrogens with one attached hydrogen (secondary N) is 2. The van der Waals surface area contributed by atoms with Gasteiger partial charge in [-0.3, -0.25) is 9.59 Å². The van der Waals surface area contributed by atoms with E-state index in [1.807, 2.05) is 12.1 Å². The van der Waals surface area contributed by atoms with Crippen LogP contribution in [0.2, 0.25) is 10.0 Å². The minimum atomic E-state index is -0.325. The van der Waals surface area contributed by atoms with E-state index in [-0.39, 0.29) is 17.6 Å². The van der Waals surface area contributed by atoms with E-state index in [4.69, 9.17) is 27.6 Å². The van der Waals surface area contributed by atoms with E-state index in [9.17, 15) is 9.59 Å². The third-order valence-electron chi connectivity index (χ3n) is 3.53. The van der Waals surface area contributed by atoms with Gasteiger partial charge in [-0.2, -0.15) is 0 Å². The molecule has 1 heterocycles. The first-order valence-electron chi connectivity index (χ1n) is 7.69. The maximum Gasteiger partial charge on any atom is 0.291 e. The van der Waals surface area contributed by atoms with Gasteiger partial charge in [-0.1, -0.05) is 35.3 Å². The zero-order valence-electron chi connectivity index (χ0n) is 13.5. The number of carbonyl (C=O) groups is 2. The molecule has 0 aliphatic carbocycles. The van der Waals surface area contributed by atoms with Gasteiger partial charge in [0, 0.05) is 27.8 Å². The first-order chi connectivity index (χ1) is 12.5. The second kappa shape index (κ2) is 8.08. The van der Waals surface area contributed by atoms with Crippen molar-refractivity contribution < 1.29 is 14.0 Å². The summed E-state index contributed by atoms with van der Waals surface area (Å²) in [7, 11) is 0. The van der Waals surface area contributed by atoms with Crippen LogP contribution in [0.25, 0.3) is 0 Å². The molecule has 132 valence electrons. The van der Waals surface area contributed by atoms with E-state index in [1.54, 1.807) is 42.5 Å². The van der Waals surface area contributed by atoms with Crippen molar-refractivity contribution in [3.05, 3.63) is 87.8 Å². The highest BCUT2D eigenvalue weighted by Crippen LogP contribution is 2.19. The Morgan fingerprint density at radius 1 is 0.923 bits per heavy atom. The summed E-state index contributed by atoms with van der Waals surface area (Å²) in [6, 6.07) is 15.0. The van der Waals surface area contributed by atoms with Crippen molar-refractivity contribution in [3.63, 3.8) is 0 Å². The Kier molecular flexibility index (Phi) is 5.61. The van der Waals surface area contributed by atoms with Crippen LogP contribution in [0.15, 0.2) is 65.3 Å². The molecule has 0 atom stereocenters. The van der Waals surface area contributed by atoms with Gasteiger partial charge in [0.15, 0.2) is 5.76 Å². The smallest absolute Gasteiger partial charge is 0.291 e. The van der Waals surface area contributed by atoms with Crippen LogP contribution < -0.4 is 10.6 Å². The fraction of sp³-hybridized carbons (Fsp3) is 0.0526. The molecule has 2 amide bonds. The van der Waals surface area contributed by atoms with Crippen molar-refractivity contribution in [1.29, 1.82) is 0 Å². The predicted octanol–water partition coefficient (Wildman–Crippen LogP) is 4.77. The van der Waals surface area contributed by atoms with E-state index in [2.05, 4.69) is 10.6 Å². The van der Waals surface area contributed by atoms with Gasteiger partial charge in [0.2, 0.25) is 0 Å². The van der Waals surface area contributed by atoms with Crippen molar-refractivity contribution in [3.8, 4) is 0 Å². The third-order valence-corrected chi connectivity index (χ3v) is 3.97. The zero-order chi connectivity index (χ0) is 18.5. The number of halogens is 2. The molecule has 3 rings (SSSR count). The molecule has 5 nitrogen and oxygen atoms in total. The van der Waals surface area contributed by atoms with Crippen molar-refractivity contribution in [2.24, 2.45) is 0 Å². The lowest BCUT2D eigenvalue weighted by atomic mass is 10.1. The summed E-state index contributed by atoms with van der Waals surface area (Å²) in [4.78, 5) is 24.1. The van der Waals surface area contributed by atoms with E-state index in [1.165, 1.54) is 6.26 Å². The summed E-state index contributed by atoms with van der Waals surface area (Å²) in [6.45, 7) is 0.329. The summed E-state index contributed by atoms with van der Waals surface area (Å²) < 4.78 is 5.04. The predicted molar refractivity (Wildman–Crippen MR) is 101 cm³/mol. The van der Waals surface area contributed by atoms with Crippen LogP contribution >= 0.6 is 23.2 Å². The molecule has 0 spiro atoms. The molecular formula is C19H14Cl2N2O3. The number of amides is 2. The molecule has 2 N–H and O–H groups in total. The van der Waals surface area contributed by atoms with Gasteiger partial charge in [0.05, 0.1) is 6.26 Å². The lowest BCUT2D eigenvalue weighted by Gasteiger charge is -2.08. The molecule has 0 fully saturated rings. The van der Waals surface area contributed by atoms with Crippen molar-refractivity contribution in [2.75, 3.05) is 5.32 Å². The molecule has 0 aliphatic heterocycles. The zero-order valence-corrected chi connectivity index (χ0v) is 15.0. The monoisotopic (exact) mass is 388 g/mol. The Balaban J connectivity index is 1.57. The van der Waals surface area contributed by atoms with E-state index in [0.717, 1.165) is 5.56 Å². The number of anilines is 1. The number of hydrogen-bond acceptors (Lipinski definition) is 3. The minimum Gasteiger partial charge on any atom is -0.459 e. The average Bonchev–Trinajstić information content (AvgIpc) is 3.15. The van der Waals surface area contributed by atoms with Crippen LogP contribution in [0.5, 0.6) is 0 Å². The molecule has 26 heavy (non-hydrogen) atoms. The lowest BCUT2D eigenvalue weighted by molar-refractivity contribution is 0.0949. The summed E-state index contributed by atoms with van der Waals surface area (Å²) in [5.41, 5.74) is 1.90. The maximum atomic E-state index is 12.2. The number of rotatable bonds is 5. The topological polar surface area (TPSA) is 71.3 Å². The van der Waals surface area contributed by atoms with E-state index >= 15 is 0 Å². The van der Waals surface area contributed by atoms with E-state index in [0.29, 0.717) is 27.8 Å². The molecule has 0 unspecified atom stereocenters. The minimum absolute atomic E-state index is 0.238. The standard InChI is InChI=1S/C19H14Cl2N2O3/c20-14-8-13(9-15(21)10-14)18(24)22-11-12-3-5-16(6-4-12)23-19(25)17-2-1-7-26-17/h1-10H,11H2,(H,22,24)(H,23,25). The fourth-order valence-electron chi connectivity index (χ4n) is 2.28. The summed E-state index contributed by atoms with van der Waals surface area (Å²) in [5.74, 6) is -0.361. The Morgan fingerprint density at radius 2 is 1.62 bits per heavy atom. The summed E-state index contributed by atoms with van der Waals surface area (Å²) >= 11 is 11.8. The summed E-state index contributed by atoms with van der Waals surface area (Å²) in [5, 5.41) is 6.32. The molecule has 2 aromatic carbocycles. The van der Waals surface area contributed by atoms with E-state index < -0.39 is 0 Å². The largest absolute Gasteiger partial charge is 0.459 e. The number of hydrogen-bond donors (Lipinski definition) is 2. The molecule has 7 heteroatoms. The molecule has 3 aromatic rings. The van der Waals surface area contributed by atoms with Crippen LogP contribution in [-0.2, 0) is 6.54 Å². The van der Waals surface area contributed by atoms with Crippen LogP contribution in [0.1, 0.15) is 26.5 Å². The number of furan rings is 1. The molecule has 1 aromatic heterocycles. The first-order valence-corrected chi connectivity index (χ1v) is 8.45. The number of carbonyl (C=O) groups excluding carboxylic acids is 2. The fourth-order valence-corrected chi connectivity index (χ4v) is 2.80. The van der Waals surface area contributed by atoms with Crippen LogP contribution in [0.4, 0.5) is 5.69 Å². The number of benzene rings is 2. The molecular weight excluding hydrogens is 375 g/mol. The lowest BCUT2D eigenvalue weighted by Crippen LogP contribution is -2.22. The van der Waals surface area contributed by atoms with Crippen LogP contribution in [-0.4, -0.2) is 11.8 Å². The quantitative estimate of drug-likeness (QED) is 0.661. The van der Waals surface area contributed by atoms with Crippen LogP contribution in [0.3, 0.4) is 0 Å². The van der Waals surface area contributed by atoms with Crippen molar-refractivity contribution in [1.82, 2.24) is 5.32 Å².